The molecule has 0 aliphatic carbocycles. The Labute approximate surface area is 126 Å². The maximum atomic E-state index is 4.51. The SMILES string of the molecule is Cc1cc(C)c(-c2ccnc(-c3ccccc3)c2)c(C)c1. The Bertz CT molecular complexity index is 750. The van der Waals surface area contributed by atoms with Gasteiger partial charge >= 0.3 is 0 Å². The van der Waals surface area contributed by atoms with E-state index in [1.165, 1.54) is 27.8 Å². The summed E-state index contributed by atoms with van der Waals surface area (Å²) in [6, 6.07) is 19.1. The lowest BCUT2D eigenvalue weighted by molar-refractivity contribution is 1.29. The Morgan fingerprint density at radius 3 is 2.05 bits per heavy atom. The highest BCUT2D eigenvalue weighted by Crippen LogP contribution is 2.30. The van der Waals surface area contributed by atoms with E-state index in [-0.39, 0.29) is 0 Å². The zero-order valence-corrected chi connectivity index (χ0v) is 12.7. The fraction of sp³-hybridized carbons (Fsp3) is 0.150. The molecule has 1 heteroatoms. The Balaban J connectivity index is 2.13. The summed E-state index contributed by atoms with van der Waals surface area (Å²) < 4.78 is 0. The van der Waals surface area contributed by atoms with Gasteiger partial charge in [-0.05, 0) is 55.2 Å². The van der Waals surface area contributed by atoms with Crippen LogP contribution in [0.4, 0.5) is 0 Å². The van der Waals surface area contributed by atoms with Crippen LogP contribution in [0.3, 0.4) is 0 Å². The third-order valence-corrected chi connectivity index (χ3v) is 3.80. The van der Waals surface area contributed by atoms with E-state index in [1.807, 2.05) is 24.4 Å². The second-order valence-corrected chi connectivity index (χ2v) is 5.57. The summed E-state index contributed by atoms with van der Waals surface area (Å²) in [6.45, 7) is 6.50. The van der Waals surface area contributed by atoms with Crippen LogP contribution in [0.15, 0.2) is 60.8 Å². The lowest BCUT2D eigenvalue weighted by atomic mass is 9.93. The van der Waals surface area contributed by atoms with E-state index in [0.29, 0.717) is 0 Å². The minimum Gasteiger partial charge on any atom is -0.256 e. The van der Waals surface area contributed by atoms with E-state index in [1.54, 1.807) is 0 Å². The van der Waals surface area contributed by atoms with Crippen LogP contribution >= 0.6 is 0 Å². The molecule has 0 atom stereocenters. The molecule has 0 fully saturated rings. The van der Waals surface area contributed by atoms with E-state index in [0.717, 1.165) is 11.3 Å². The normalized spacial score (nSPS) is 10.6. The molecule has 1 nitrogen and oxygen atoms in total. The first-order valence-corrected chi connectivity index (χ1v) is 7.25. The highest BCUT2D eigenvalue weighted by Gasteiger charge is 2.08. The molecule has 0 aliphatic rings. The molecule has 0 unspecified atom stereocenters. The van der Waals surface area contributed by atoms with E-state index >= 15 is 0 Å². The number of aromatic nitrogens is 1. The zero-order chi connectivity index (χ0) is 14.8. The number of hydrogen-bond donors (Lipinski definition) is 0. The van der Waals surface area contributed by atoms with Crippen LogP contribution < -0.4 is 0 Å². The van der Waals surface area contributed by atoms with E-state index in [4.69, 9.17) is 0 Å². The number of benzene rings is 2. The summed E-state index contributed by atoms with van der Waals surface area (Å²) in [5.74, 6) is 0. The van der Waals surface area contributed by atoms with Crippen LogP contribution in [0.1, 0.15) is 16.7 Å². The van der Waals surface area contributed by atoms with Crippen molar-refractivity contribution in [3.63, 3.8) is 0 Å². The van der Waals surface area contributed by atoms with Gasteiger partial charge in [-0.15, -0.1) is 0 Å². The lowest BCUT2D eigenvalue weighted by Crippen LogP contribution is -1.92. The molecule has 0 N–H and O–H groups in total. The molecular weight excluding hydrogens is 254 g/mol. The first-order chi connectivity index (χ1) is 10.1. The van der Waals surface area contributed by atoms with Crippen molar-refractivity contribution in [3.05, 3.63) is 77.5 Å². The Kier molecular flexibility index (Phi) is 3.57. The van der Waals surface area contributed by atoms with Gasteiger partial charge in [-0.3, -0.25) is 4.98 Å². The minimum absolute atomic E-state index is 1.02. The fourth-order valence-corrected chi connectivity index (χ4v) is 2.99. The van der Waals surface area contributed by atoms with Crippen molar-refractivity contribution in [2.75, 3.05) is 0 Å². The molecule has 0 aliphatic heterocycles. The van der Waals surface area contributed by atoms with Gasteiger partial charge < -0.3 is 0 Å². The highest BCUT2D eigenvalue weighted by atomic mass is 14.7. The van der Waals surface area contributed by atoms with Crippen LogP contribution in [0.2, 0.25) is 0 Å². The summed E-state index contributed by atoms with van der Waals surface area (Å²) in [7, 11) is 0. The van der Waals surface area contributed by atoms with Crippen molar-refractivity contribution in [2.24, 2.45) is 0 Å². The van der Waals surface area contributed by atoms with Crippen molar-refractivity contribution >= 4 is 0 Å². The maximum absolute atomic E-state index is 4.51. The number of rotatable bonds is 2. The summed E-state index contributed by atoms with van der Waals surface area (Å²) in [6.07, 6.45) is 1.90. The van der Waals surface area contributed by atoms with Gasteiger partial charge in [0, 0.05) is 11.8 Å². The Hall–Kier alpha value is -2.41. The van der Waals surface area contributed by atoms with Gasteiger partial charge in [-0.2, -0.15) is 0 Å². The van der Waals surface area contributed by atoms with Crippen molar-refractivity contribution in [2.45, 2.75) is 20.8 Å². The monoisotopic (exact) mass is 273 g/mol. The van der Waals surface area contributed by atoms with Crippen molar-refractivity contribution < 1.29 is 0 Å². The predicted octanol–water partition coefficient (Wildman–Crippen LogP) is 5.34. The predicted molar refractivity (Wildman–Crippen MR) is 89.3 cm³/mol. The molecule has 104 valence electrons. The second kappa shape index (κ2) is 5.53. The third kappa shape index (κ3) is 2.73. The standard InChI is InChI=1S/C20H19N/c1-14-11-15(2)20(16(3)12-14)18-9-10-21-19(13-18)17-7-5-4-6-8-17/h4-13H,1-3H3. The summed E-state index contributed by atoms with van der Waals surface area (Å²) >= 11 is 0. The van der Waals surface area contributed by atoms with Crippen LogP contribution in [0, 0.1) is 20.8 Å². The molecule has 0 saturated heterocycles. The quantitative estimate of drug-likeness (QED) is 0.614. The average Bonchev–Trinajstić information content (AvgIpc) is 2.47. The molecule has 0 saturated carbocycles. The molecule has 1 heterocycles. The molecule has 0 bridgehead atoms. The van der Waals surface area contributed by atoms with Gasteiger partial charge in [0.15, 0.2) is 0 Å². The van der Waals surface area contributed by atoms with E-state index < -0.39 is 0 Å². The largest absolute Gasteiger partial charge is 0.256 e. The first kappa shape index (κ1) is 13.6. The van der Waals surface area contributed by atoms with Gasteiger partial charge in [0.05, 0.1) is 5.69 Å². The van der Waals surface area contributed by atoms with Gasteiger partial charge in [0.2, 0.25) is 0 Å². The van der Waals surface area contributed by atoms with Crippen molar-refractivity contribution in [1.29, 1.82) is 0 Å². The number of nitrogens with zero attached hydrogens (tertiary/aromatic N) is 1. The minimum atomic E-state index is 1.02. The fourth-order valence-electron chi connectivity index (χ4n) is 2.99. The Morgan fingerprint density at radius 2 is 1.38 bits per heavy atom. The molecule has 21 heavy (non-hydrogen) atoms. The number of hydrogen-bond acceptors (Lipinski definition) is 1. The van der Waals surface area contributed by atoms with Crippen molar-refractivity contribution in [1.82, 2.24) is 4.98 Å². The van der Waals surface area contributed by atoms with Crippen molar-refractivity contribution in [3.8, 4) is 22.4 Å². The topological polar surface area (TPSA) is 12.9 Å². The van der Waals surface area contributed by atoms with Crippen LogP contribution in [-0.2, 0) is 0 Å². The summed E-state index contributed by atoms with van der Waals surface area (Å²) in [4.78, 5) is 4.51. The van der Waals surface area contributed by atoms with Gasteiger partial charge in [0.25, 0.3) is 0 Å². The average molecular weight is 273 g/mol. The lowest BCUT2D eigenvalue weighted by Gasteiger charge is -2.12. The molecule has 0 radical (unpaired) electrons. The number of pyridine rings is 1. The summed E-state index contributed by atoms with van der Waals surface area (Å²) in [5, 5.41) is 0. The molecule has 3 aromatic rings. The molecule has 2 aromatic carbocycles. The first-order valence-electron chi connectivity index (χ1n) is 7.25. The van der Waals surface area contributed by atoms with E-state index in [9.17, 15) is 0 Å². The van der Waals surface area contributed by atoms with E-state index in [2.05, 4.69) is 62.2 Å². The summed E-state index contributed by atoms with van der Waals surface area (Å²) in [5.41, 5.74) is 8.68. The smallest absolute Gasteiger partial charge is 0.0708 e. The van der Waals surface area contributed by atoms with Gasteiger partial charge in [-0.25, -0.2) is 0 Å². The number of aryl methyl sites for hydroxylation is 3. The second-order valence-electron chi connectivity index (χ2n) is 5.57. The maximum Gasteiger partial charge on any atom is 0.0708 e. The molecule has 0 amide bonds. The van der Waals surface area contributed by atoms with Crippen LogP contribution in [0.25, 0.3) is 22.4 Å². The third-order valence-electron chi connectivity index (χ3n) is 3.80. The van der Waals surface area contributed by atoms with Crippen LogP contribution in [-0.4, -0.2) is 4.98 Å². The molecule has 0 spiro atoms. The van der Waals surface area contributed by atoms with Crippen LogP contribution in [0.5, 0.6) is 0 Å². The highest BCUT2D eigenvalue weighted by molar-refractivity contribution is 5.75. The zero-order valence-electron chi connectivity index (χ0n) is 12.7. The Morgan fingerprint density at radius 1 is 0.714 bits per heavy atom. The van der Waals surface area contributed by atoms with Gasteiger partial charge in [0.1, 0.15) is 0 Å². The molecule has 3 rings (SSSR count). The van der Waals surface area contributed by atoms with Gasteiger partial charge in [-0.1, -0.05) is 48.0 Å². The molecule has 1 aromatic heterocycles. The molecular formula is C20H19N.